The quantitative estimate of drug-likeness (QED) is 0.480. The zero-order valence-corrected chi connectivity index (χ0v) is 11.7. The zero-order chi connectivity index (χ0) is 14.6. The molecule has 0 fully saturated rings. The number of carbonyl (C=O) groups excluding carboxylic acids is 1. The first-order valence-electron chi connectivity index (χ1n) is 5.54. The maximum Gasteiger partial charge on any atom is 0.319 e. The van der Waals surface area contributed by atoms with Crippen molar-refractivity contribution in [2.45, 2.75) is 31.3 Å². The second-order valence-corrected chi connectivity index (χ2v) is 6.22. The molecule has 1 atom stereocenters. The summed E-state index contributed by atoms with van der Waals surface area (Å²) in [7, 11) is -1.80. The number of carbonyl (C=O) groups is 1. The molecule has 0 amide bonds. The van der Waals surface area contributed by atoms with Gasteiger partial charge in [-0.05, 0) is 26.8 Å². The van der Waals surface area contributed by atoms with Gasteiger partial charge in [0.2, 0.25) is 0 Å². The van der Waals surface area contributed by atoms with Crippen molar-refractivity contribution in [3.63, 3.8) is 0 Å². The van der Waals surface area contributed by atoms with Gasteiger partial charge in [0.25, 0.3) is 5.69 Å². The Hall–Kier alpha value is -1.76. The molecule has 0 aromatic heterocycles. The van der Waals surface area contributed by atoms with Crippen LogP contribution in [0.15, 0.2) is 29.2 Å². The lowest BCUT2D eigenvalue weighted by molar-refractivity contribution is -0.387. The number of hydrogen-bond acceptors (Lipinski definition) is 5. The lowest BCUT2D eigenvalue weighted by Gasteiger charge is -2.19. The number of para-hydroxylation sites is 1. The molecule has 19 heavy (non-hydrogen) atoms. The van der Waals surface area contributed by atoms with Crippen molar-refractivity contribution < 1.29 is 18.7 Å². The average Bonchev–Trinajstić information content (AvgIpc) is 2.26. The fourth-order valence-corrected chi connectivity index (χ4v) is 2.39. The predicted octanol–water partition coefficient (Wildman–Crippen LogP) is 2.04. The third kappa shape index (κ3) is 4.78. The van der Waals surface area contributed by atoms with Gasteiger partial charge in [-0.1, -0.05) is 12.1 Å². The summed E-state index contributed by atoms with van der Waals surface area (Å²) in [4.78, 5) is 21.7. The Balaban J connectivity index is 2.85. The van der Waals surface area contributed by atoms with Crippen LogP contribution in [-0.2, 0) is 20.3 Å². The summed E-state index contributed by atoms with van der Waals surface area (Å²) in [5.74, 6) is -1.05. The van der Waals surface area contributed by atoms with Gasteiger partial charge < -0.3 is 4.74 Å². The Morgan fingerprint density at radius 1 is 1.37 bits per heavy atom. The summed E-state index contributed by atoms with van der Waals surface area (Å²) in [5, 5.41) is 10.8. The molecular weight excluding hydrogens is 270 g/mol. The highest BCUT2D eigenvalue weighted by atomic mass is 32.2. The van der Waals surface area contributed by atoms with E-state index in [9.17, 15) is 19.1 Å². The topological polar surface area (TPSA) is 86.5 Å². The highest BCUT2D eigenvalue weighted by Crippen LogP contribution is 2.22. The molecule has 1 unspecified atom stereocenters. The molecule has 0 heterocycles. The molecule has 0 aliphatic carbocycles. The van der Waals surface area contributed by atoms with Crippen LogP contribution >= 0.6 is 0 Å². The monoisotopic (exact) mass is 285 g/mol. The largest absolute Gasteiger partial charge is 0.459 e. The third-order valence-electron chi connectivity index (χ3n) is 1.98. The second kappa shape index (κ2) is 5.92. The molecule has 0 saturated heterocycles. The van der Waals surface area contributed by atoms with Crippen LogP contribution in [0.4, 0.5) is 5.69 Å². The molecule has 7 heteroatoms. The van der Waals surface area contributed by atoms with E-state index in [-0.39, 0.29) is 10.6 Å². The molecule has 0 N–H and O–H groups in total. The normalized spacial score (nSPS) is 12.8. The number of nitro benzene ring substituents is 1. The van der Waals surface area contributed by atoms with E-state index in [0.29, 0.717) is 0 Å². The maximum atomic E-state index is 12.0. The minimum absolute atomic E-state index is 0.0263. The van der Waals surface area contributed by atoms with E-state index in [4.69, 9.17) is 4.74 Å². The molecule has 0 radical (unpaired) electrons. The Labute approximate surface area is 113 Å². The van der Waals surface area contributed by atoms with E-state index in [1.807, 2.05) is 0 Å². The molecule has 6 nitrogen and oxygen atoms in total. The molecule has 0 saturated carbocycles. The van der Waals surface area contributed by atoms with Crippen LogP contribution in [0.1, 0.15) is 20.8 Å². The third-order valence-corrected chi connectivity index (χ3v) is 3.31. The molecular formula is C12H15NO5S. The van der Waals surface area contributed by atoms with Crippen LogP contribution in [0.2, 0.25) is 0 Å². The molecule has 0 bridgehead atoms. The van der Waals surface area contributed by atoms with Crippen LogP contribution < -0.4 is 0 Å². The van der Waals surface area contributed by atoms with Crippen molar-refractivity contribution in [1.82, 2.24) is 0 Å². The van der Waals surface area contributed by atoms with Gasteiger partial charge in [-0.25, -0.2) is 0 Å². The predicted molar refractivity (Wildman–Crippen MR) is 70.2 cm³/mol. The van der Waals surface area contributed by atoms with Crippen LogP contribution in [-0.4, -0.2) is 26.5 Å². The van der Waals surface area contributed by atoms with Gasteiger partial charge in [-0.2, -0.15) is 0 Å². The number of rotatable bonds is 4. The van der Waals surface area contributed by atoms with E-state index in [1.165, 1.54) is 24.3 Å². The minimum Gasteiger partial charge on any atom is -0.459 e. The number of nitro groups is 1. The number of ether oxygens (including phenoxy) is 1. The minimum atomic E-state index is -1.80. The van der Waals surface area contributed by atoms with Crippen molar-refractivity contribution in [3.05, 3.63) is 34.4 Å². The number of hydrogen-bond donors (Lipinski definition) is 0. The van der Waals surface area contributed by atoms with Gasteiger partial charge in [0.1, 0.15) is 16.2 Å². The van der Waals surface area contributed by atoms with Crippen molar-refractivity contribution in [2.75, 3.05) is 5.75 Å². The van der Waals surface area contributed by atoms with Crippen LogP contribution in [0.5, 0.6) is 0 Å². The van der Waals surface area contributed by atoms with E-state index in [1.54, 1.807) is 20.8 Å². The SMILES string of the molecule is CC(C)(C)OC(=O)CS(=O)c1ccccc1[N+](=O)[O-]. The first kappa shape index (κ1) is 15.3. The first-order valence-corrected chi connectivity index (χ1v) is 6.86. The van der Waals surface area contributed by atoms with Gasteiger partial charge >= 0.3 is 5.97 Å². The van der Waals surface area contributed by atoms with Crippen molar-refractivity contribution in [1.29, 1.82) is 0 Å². The van der Waals surface area contributed by atoms with Gasteiger partial charge in [0.05, 0.1) is 15.7 Å². The smallest absolute Gasteiger partial charge is 0.319 e. The molecule has 104 valence electrons. The lowest BCUT2D eigenvalue weighted by Crippen LogP contribution is -2.27. The van der Waals surface area contributed by atoms with Crippen LogP contribution in [0.25, 0.3) is 0 Å². The molecule has 0 spiro atoms. The molecule has 1 aromatic carbocycles. The highest BCUT2D eigenvalue weighted by Gasteiger charge is 2.23. The van der Waals surface area contributed by atoms with E-state index >= 15 is 0 Å². The fraction of sp³-hybridized carbons (Fsp3) is 0.417. The van der Waals surface area contributed by atoms with Gasteiger partial charge in [0, 0.05) is 6.07 Å². The Morgan fingerprint density at radius 2 is 1.95 bits per heavy atom. The van der Waals surface area contributed by atoms with Crippen LogP contribution in [0.3, 0.4) is 0 Å². The fourth-order valence-electron chi connectivity index (χ4n) is 1.36. The Morgan fingerprint density at radius 3 is 2.47 bits per heavy atom. The summed E-state index contributed by atoms with van der Waals surface area (Å²) in [6.07, 6.45) is 0. The number of benzene rings is 1. The van der Waals surface area contributed by atoms with Crippen molar-refractivity contribution in [3.8, 4) is 0 Å². The van der Waals surface area contributed by atoms with Crippen molar-refractivity contribution >= 4 is 22.5 Å². The van der Waals surface area contributed by atoms with E-state index < -0.39 is 33.0 Å². The molecule has 1 aromatic rings. The number of esters is 1. The van der Waals surface area contributed by atoms with Crippen molar-refractivity contribution in [2.24, 2.45) is 0 Å². The summed E-state index contributed by atoms with van der Waals surface area (Å²) < 4.78 is 17.0. The molecule has 0 aliphatic heterocycles. The van der Waals surface area contributed by atoms with E-state index in [0.717, 1.165) is 0 Å². The summed E-state index contributed by atoms with van der Waals surface area (Å²) >= 11 is 0. The highest BCUT2D eigenvalue weighted by molar-refractivity contribution is 7.85. The lowest BCUT2D eigenvalue weighted by atomic mass is 10.2. The van der Waals surface area contributed by atoms with Gasteiger partial charge in [-0.3, -0.25) is 19.1 Å². The van der Waals surface area contributed by atoms with Gasteiger partial charge in [-0.15, -0.1) is 0 Å². The Kier molecular flexibility index (Phi) is 4.77. The standard InChI is InChI=1S/C12H15NO5S/c1-12(2,3)18-11(14)8-19(17)10-7-5-4-6-9(10)13(15)16/h4-7H,8H2,1-3H3. The second-order valence-electron chi connectivity index (χ2n) is 4.80. The summed E-state index contributed by atoms with van der Waals surface area (Å²) in [5.41, 5.74) is -0.937. The first-order chi connectivity index (χ1) is 8.70. The Bertz CT molecular complexity index is 521. The maximum absolute atomic E-state index is 12.0. The van der Waals surface area contributed by atoms with E-state index in [2.05, 4.69) is 0 Å². The van der Waals surface area contributed by atoms with Gasteiger partial charge in [0.15, 0.2) is 0 Å². The zero-order valence-electron chi connectivity index (χ0n) is 10.9. The average molecular weight is 285 g/mol. The molecule has 0 aliphatic rings. The summed E-state index contributed by atoms with van der Waals surface area (Å²) in [6, 6.07) is 5.64. The number of nitrogens with zero attached hydrogens (tertiary/aromatic N) is 1. The molecule has 1 rings (SSSR count). The van der Waals surface area contributed by atoms with Crippen LogP contribution in [0, 0.1) is 10.1 Å². The summed E-state index contributed by atoms with van der Waals surface area (Å²) in [6.45, 7) is 5.08.